The number of aromatic nitrogens is 4. The van der Waals surface area contributed by atoms with Crippen LogP contribution in [0.1, 0.15) is 42.6 Å². The van der Waals surface area contributed by atoms with Crippen molar-refractivity contribution in [3.8, 4) is 0 Å². The molecule has 8 nitrogen and oxygen atoms in total. The molecule has 1 aliphatic rings. The number of hydrogen-bond donors (Lipinski definition) is 4. The maximum absolute atomic E-state index is 5.53. The average Bonchev–Trinajstić information content (AvgIpc) is 3.51. The second kappa shape index (κ2) is 9.01. The molecule has 8 heteroatoms. The van der Waals surface area contributed by atoms with Gasteiger partial charge in [-0.15, -0.1) is 0 Å². The van der Waals surface area contributed by atoms with Gasteiger partial charge in [-0.25, -0.2) is 4.98 Å². The maximum Gasteiger partial charge on any atom is 0.225 e. The van der Waals surface area contributed by atoms with E-state index in [2.05, 4.69) is 37.4 Å². The molecule has 0 bridgehead atoms. The third-order valence-electron chi connectivity index (χ3n) is 5.08. The molecule has 31 heavy (non-hydrogen) atoms. The van der Waals surface area contributed by atoms with Crippen molar-refractivity contribution in [2.24, 2.45) is 5.90 Å². The molecule has 2 heterocycles. The lowest BCUT2D eigenvalue weighted by Gasteiger charge is -2.17. The van der Waals surface area contributed by atoms with Gasteiger partial charge in [-0.05, 0) is 43.9 Å². The predicted octanol–water partition coefficient (Wildman–Crippen LogP) is 4.42. The Morgan fingerprint density at radius 2 is 2.03 bits per heavy atom. The molecule has 0 spiro atoms. The first-order valence-corrected chi connectivity index (χ1v) is 10.3. The van der Waals surface area contributed by atoms with Gasteiger partial charge < -0.3 is 15.5 Å². The number of nitrogens with two attached hydrogens (primary N) is 1. The second-order valence-electron chi connectivity index (χ2n) is 7.75. The number of nitrogens with one attached hydrogen (secondary N) is 3. The van der Waals surface area contributed by atoms with E-state index in [9.17, 15) is 0 Å². The number of rotatable bonds is 9. The van der Waals surface area contributed by atoms with Gasteiger partial charge in [0.2, 0.25) is 5.95 Å². The average molecular weight is 418 g/mol. The standard InChI is InChI=1S/C23H27N7O/c1-14(17-7-5-4-6-8-17)11-20(31-24)16(3)26-23-25-15(2)12-21(28-23)27-22-13-19(29-30-22)18-9-10-18/h4-8,11-13,16,18H,1,9-10,24H2,2-3H3,(H3,25,26,27,28,29,30)/b20-11-. The van der Waals surface area contributed by atoms with Gasteiger partial charge in [-0.2, -0.15) is 16.0 Å². The van der Waals surface area contributed by atoms with Gasteiger partial charge in [0, 0.05) is 23.7 Å². The highest BCUT2D eigenvalue weighted by Crippen LogP contribution is 2.39. The van der Waals surface area contributed by atoms with E-state index in [1.807, 2.05) is 62.4 Å². The molecule has 1 aromatic carbocycles. The van der Waals surface area contributed by atoms with E-state index in [1.54, 1.807) is 0 Å². The van der Waals surface area contributed by atoms with Crippen LogP contribution in [0.3, 0.4) is 0 Å². The lowest BCUT2D eigenvalue weighted by atomic mass is 10.1. The summed E-state index contributed by atoms with van der Waals surface area (Å²) in [6.45, 7) is 7.94. The Morgan fingerprint density at radius 3 is 2.74 bits per heavy atom. The summed E-state index contributed by atoms with van der Waals surface area (Å²) in [6, 6.07) is 13.5. The summed E-state index contributed by atoms with van der Waals surface area (Å²) in [6.07, 6.45) is 4.23. The van der Waals surface area contributed by atoms with Crippen LogP contribution in [0.2, 0.25) is 0 Å². The fourth-order valence-electron chi connectivity index (χ4n) is 3.26. The van der Waals surface area contributed by atoms with Crippen LogP contribution in [0.4, 0.5) is 17.6 Å². The Bertz CT molecular complexity index is 1090. The van der Waals surface area contributed by atoms with Crippen molar-refractivity contribution < 1.29 is 4.84 Å². The highest BCUT2D eigenvalue weighted by Gasteiger charge is 2.26. The smallest absolute Gasteiger partial charge is 0.225 e. The minimum Gasteiger partial charge on any atom is -0.414 e. The molecule has 0 aliphatic heterocycles. The van der Waals surface area contributed by atoms with Crippen LogP contribution in [-0.2, 0) is 4.84 Å². The Kier molecular flexibility index (Phi) is 5.99. The van der Waals surface area contributed by atoms with Crippen LogP contribution in [0.5, 0.6) is 0 Å². The Labute approximate surface area is 181 Å². The number of H-pyrrole nitrogens is 1. The van der Waals surface area contributed by atoms with Crippen molar-refractivity contribution >= 4 is 23.2 Å². The van der Waals surface area contributed by atoms with Gasteiger partial charge in [-0.3, -0.25) is 5.10 Å². The van der Waals surface area contributed by atoms with E-state index < -0.39 is 0 Å². The van der Waals surface area contributed by atoms with Crippen molar-refractivity contribution in [3.63, 3.8) is 0 Å². The summed E-state index contributed by atoms with van der Waals surface area (Å²) in [5.74, 6) is 8.59. The third kappa shape index (κ3) is 5.29. The summed E-state index contributed by atoms with van der Waals surface area (Å²) in [5.41, 5.74) is 3.70. The Morgan fingerprint density at radius 1 is 1.26 bits per heavy atom. The molecule has 1 saturated carbocycles. The topological polar surface area (TPSA) is 114 Å². The van der Waals surface area contributed by atoms with Crippen molar-refractivity contribution in [2.45, 2.75) is 38.6 Å². The zero-order valence-electron chi connectivity index (χ0n) is 17.7. The summed E-state index contributed by atoms with van der Waals surface area (Å²) < 4.78 is 0. The van der Waals surface area contributed by atoms with E-state index in [-0.39, 0.29) is 6.04 Å². The minimum absolute atomic E-state index is 0.270. The lowest BCUT2D eigenvalue weighted by molar-refractivity contribution is 0.207. The molecule has 0 radical (unpaired) electrons. The summed E-state index contributed by atoms with van der Waals surface area (Å²) in [5, 5.41) is 13.9. The lowest BCUT2D eigenvalue weighted by Crippen LogP contribution is -2.23. The minimum atomic E-state index is -0.270. The summed E-state index contributed by atoms with van der Waals surface area (Å²) in [7, 11) is 0. The van der Waals surface area contributed by atoms with Crippen molar-refractivity contribution in [2.75, 3.05) is 10.6 Å². The monoisotopic (exact) mass is 417 g/mol. The van der Waals surface area contributed by atoms with E-state index in [0.717, 1.165) is 28.3 Å². The van der Waals surface area contributed by atoms with Crippen molar-refractivity contribution in [3.05, 3.63) is 77.8 Å². The van der Waals surface area contributed by atoms with E-state index in [1.165, 1.54) is 12.8 Å². The number of nitrogens with zero attached hydrogens (tertiary/aromatic N) is 3. The van der Waals surface area contributed by atoms with Crippen LogP contribution >= 0.6 is 0 Å². The molecule has 5 N–H and O–H groups in total. The molecule has 160 valence electrons. The SMILES string of the molecule is C=C(/C=C(\ON)C(C)Nc1nc(C)cc(Nc2cc(C3CC3)n[nH]2)n1)c1ccccc1. The predicted molar refractivity (Wildman–Crippen MR) is 123 cm³/mol. The molecule has 0 saturated heterocycles. The van der Waals surface area contributed by atoms with Crippen molar-refractivity contribution in [1.82, 2.24) is 20.2 Å². The highest BCUT2D eigenvalue weighted by molar-refractivity contribution is 5.72. The van der Waals surface area contributed by atoms with Crippen LogP contribution < -0.4 is 16.5 Å². The summed E-state index contributed by atoms with van der Waals surface area (Å²) in [4.78, 5) is 14.2. The van der Waals surface area contributed by atoms with Gasteiger partial charge in [0.25, 0.3) is 0 Å². The molecule has 1 fully saturated rings. The number of aryl methyl sites for hydroxylation is 1. The Hall–Kier alpha value is -3.65. The summed E-state index contributed by atoms with van der Waals surface area (Å²) >= 11 is 0. The van der Waals surface area contributed by atoms with Gasteiger partial charge in [0.1, 0.15) is 17.4 Å². The van der Waals surface area contributed by atoms with Crippen LogP contribution in [0.25, 0.3) is 5.57 Å². The van der Waals surface area contributed by atoms with Crippen LogP contribution in [-0.4, -0.2) is 26.2 Å². The Balaban J connectivity index is 1.46. The maximum atomic E-state index is 5.53. The first-order chi connectivity index (χ1) is 15.0. The van der Waals surface area contributed by atoms with E-state index >= 15 is 0 Å². The number of aromatic amines is 1. The molecular formula is C23H27N7O. The second-order valence-corrected chi connectivity index (χ2v) is 7.75. The van der Waals surface area contributed by atoms with Gasteiger partial charge >= 0.3 is 0 Å². The molecule has 3 aromatic rings. The number of anilines is 3. The molecule has 2 aromatic heterocycles. The quantitative estimate of drug-likeness (QED) is 0.231. The highest BCUT2D eigenvalue weighted by atomic mass is 16.6. The number of hydrogen-bond acceptors (Lipinski definition) is 7. The molecule has 0 amide bonds. The fourth-order valence-corrected chi connectivity index (χ4v) is 3.26. The van der Waals surface area contributed by atoms with Crippen LogP contribution in [0.15, 0.2) is 60.9 Å². The normalized spacial score (nSPS) is 14.7. The van der Waals surface area contributed by atoms with Crippen LogP contribution in [0, 0.1) is 6.92 Å². The largest absolute Gasteiger partial charge is 0.414 e. The van der Waals surface area contributed by atoms with E-state index in [0.29, 0.717) is 23.4 Å². The molecule has 1 aliphatic carbocycles. The zero-order chi connectivity index (χ0) is 21.8. The first-order valence-electron chi connectivity index (χ1n) is 10.3. The van der Waals surface area contributed by atoms with E-state index in [4.69, 9.17) is 10.7 Å². The third-order valence-corrected chi connectivity index (χ3v) is 5.08. The molecule has 4 rings (SSSR count). The van der Waals surface area contributed by atoms with Gasteiger partial charge in [0.15, 0.2) is 0 Å². The van der Waals surface area contributed by atoms with Gasteiger partial charge in [0.05, 0.1) is 11.7 Å². The first kappa shape index (κ1) is 20.6. The number of allylic oxidation sites excluding steroid dienone is 2. The fraction of sp³-hybridized carbons (Fsp3) is 0.261. The van der Waals surface area contributed by atoms with Crippen molar-refractivity contribution in [1.29, 1.82) is 0 Å². The molecular weight excluding hydrogens is 390 g/mol. The zero-order valence-corrected chi connectivity index (χ0v) is 17.7. The molecule has 1 unspecified atom stereocenters. The van der Waals surface area contributed by atoms with Gasteiger partial charge in [-0.1, -0.05) is 36.9 Å². The number of benzene rings is 1. The molecule has 1 atom stereocenters.